The van der Waals surface area contributed by atoms with Crippen LogP contribution in [-0.4, -0.2) is 23.6 Å². The second-order valence-corrected chi connectivity index (χ2v) is 4.41. The van der Waals surface area contributed by atoms with Gasteiger partial charge >= 0.3 is 0 Å². The molecule has 3 heteroatoms. The van der Waals surface area contributed by atoms with Crippen molar-refractivity contribution in [3.63, 3.8) is 0 Å². The second kappa shape index (κ2) is 4.74. The molecule has 0 bridgehead atoms. The molecule has 12 heavy (non-hydrogen) atoms. The van der Waals surface area contributed by atoms with E-state index in [0.717, 1.165) is 5.25 Å². The molecule has 3 unspecified atom stereocenters. The third kappa shape index (κ3) is 2.40. The van der Waals surface area contributed by atoms with Gasteiger partial charge in [0.2, 0.25) is 0 Å². The smallest absolute Gasteiger partial charge is 0.0926 e. The molecule has 0 spiro atoms. The van der Waals surface area contributed by atoms with Crippen LogP contribution in [0.1, 0.15) is 26.2 Å². The van der Waals surface area contributed by atoms with E-state index in [1.807, 2.05) is 18.7 Å². The first-order valence-electron chi connectivity index (χ1n) is 4.46. The number of hydrogen-bond donors (Lipinski definition) is 1. The lowest BCUT2D eigenvalue weighted by atomic mass is 10.2. The summed E-state index contributed by atoms with van der Waals surface area (Å²) in [6, 6.07) is 2.78. The average Bonchev–Trinajstić information content (AvgIpc) is 2.51. The molecule has 1 rings (SSSR count). The summed E-state index contributed by atoms with van der Waals surface area (Å²) in [5.74, 6) is 0. The highest BCUT2D eigenvalue weighted by Crippen LogP contribution is 2.28. The van der Waals surface area contributed by atoms with Gasteiger partial charge in [0.1, 0.15) is 0 Å². The second-order valence-electron chi connectivity index (χ2n) is 3.33. The van der Waals surface area contributed by atoms with Crippen LogP contribution in [0.5, 0.6) is 0 Å². The van der Waals surface area contributed by atoms with Gasteiger partial charge in [-0.1, -0.05) is 6.42 Å². The van der Waals surface area contributed by atoms with Crippen molar-refractivity contribution in [3.8, 4) is 6.07 Å². The summed E-state index contributed by atoms with van der Waals surface area (Å²) in [7, 11) is 0. The number of hydrogen-bond acceptors (Lipinski definition) is 3. The van der Waals surface area contributed by atoms with Crippen LogP contribution in [-0.2, 0) is 0 Å². The summed E-state index contributed by atoms with van der Waals surface area (Å²) in [5.41, 5.74) is 0. The molecule has 1 saturated carbocycles. The average molecular weight is 184 g/mol. The molecule has 1 fully saturated rings. The highest BCUT2D eigenvalue weighted by molar-refractivity contribution is 7.99. The number of thioether (sulfide) groups is 1. The Morgan fingerprint density at radius 3 is 2.92 bits per heavy atom. The molecule has 0 aromatic carbocycles. The SMILES string of the molecule is CSC1CCCC1NC(C)C#N. The van der Waals surface area contributed by atoms with Crippen LogP contribution in [0.2, 0.25) is 0 Å². The van der Waals surface area contributed by atoms with Crippen LogP contribution in [0.3, 0.4) is 0 Å². The highest BCUT2D eigenvalue weighted by Gasteiger charge is 2.26. The number of nitrogens with zero attached hydrogens (tertiary/aromatic N) is 1. The predicted molar refractivity (Wildman–Crippen MR) is 53.2 cm³/mol. The van der Waals surface area contributed by atoms with Crippen molar-refractivity contribution in [3.05, 3.63) is 0 Å². The zero-order valence-electron chi connectivity index (χ0n) is 7.71. The molecule has 68 valence electrons. The van der Waals surface area contributed by atoms with Crippen molar-refractivity contribution in [2.75, 3.05) is 6.26 Å². The Kier molecular flexibility index (Phi) is 3.90. The minimum atomic E-state index is 0.00255. The lowest BCUT2D eigenvalue weighted by Crippen LogP contribution is -2.39. The Morgan fingerprint density at radius 1 is 1.58 bits per heavy atom. The van der Waals surface area contributed by atoms with Gasteiger partial charge in [0.05, 0.1) is 12.1 Å². The van der Waals surface area contributed by atoms with Gasteiger partial charge in [-0.25, -0.2) is 0 Å². The Morgan fingerprint density at radius 2 is 2.33 bits per heavy atom. The summed E-state index contributed by atoms with van der Waals surface area (Å²) >= 11 is 1.92. The minimum Gasteiger partial charge on any atom is -0.298 e. The van der Waals surface area contributed by atoms with Gasteiger partial charge in [-0.3, -0.25) is 5.32 Å². The first kappa shape index (κ1) is 9.88. The van der Waals surface area contributed by atoms with Crippen LogP contribution < -0.4 is 5.32 Å². The van der Waals surface area contributed by atoms with E-state index >= 15 is 0 Å². The van der Waals surface area contributed by atoms with Gasteiger partial charge in [-0.05, 0) is 26.0 Å². The van der Waals surface area contributed by atoms with Gasteiger partial charge < -0.3 is 0 Å². The quantitative estimate of drug-likeness (QED) is 0.726. The molecule has 1 aliphatic carbocycles. The maximum atomic E-state index is 8.63. The van der Waals surface area contributed by atoms with E-state index in [1.54, 1.807) is 0 Å². The monoisotopic (exact) mass is 184 g/mol. The molecule has 0 saturated heterocycles. The fraction of sp³-hybridized carbons (Fsp3) is 0.889. The van der Waals surface area contributed by atoms with Crippen molar-refractivity contribution in [1.29, 1.82) is 5.26 Å². The zero-order valence-corrected chi connectivity index (χ0v) is 8.53. The normalized spacial score (nSPS) is 31.4. The summed E-state index contributed by atoms with van der Waals surface area (Å²) in [4.78, 5) is 0. The first-order valence-corrected chi connectivity index (χ1v) is 5.75. The van der Waals surface area contributed by atoms with Crippen molar-refractivity contribution < 1.29 is 0 Å². The molecule has 0 aromatic heterocycles. The van der Waals surface area contributed by atoms with Crippen LogP contribution in [0.15, 0.2) is 0 Å². The molecule has 3 atom stereocenters. The van der Waals surface area contributed by atoms with Gasteiger partial charge in [-0.15, -0.1) is 0 Å². The maximum absolute atomic E-state index is 8.63. The van der Waals surface area contributed by atoms with E-state index in [9.17, 15) is 0 Å². The topological polar surface area (TPSA) is 35.8 Å². The molecule has 1 N–H and O–H groups in total. The molecule has 0 radical (unpaired) electrons. The standard InChI is InChI=1S/C9H16N2S/c1-7(6-10)11-8-4-3-5-9(8)12-2/h7-9,11H,3-5H2,1-2H3. The molecule has 2 nitrogen and oxygen atoms in total. The minimum absolute atomic E-state index is 0.00255. The van der Waals surface area contributed by atoms with Crippen molar-refractivity contribution in [1.82, 2.24) is 5.32 Å². The van der Waals surface area contributed by atoms with E-state index < -0.39 is 0 Å². The fourth-order valence-electron chi connectivity index (χ4n) is 1.76. The largest absolute Gasteiger partial charge is 0.298 e. The zero-order chi connectivity index (χ0) is 8.97. The summed E-state index contributed by atoms with van der Waals surface area (Å²) in [6.45, 7) is 1.93. The molecule has 0 aromatic rings. The van der Waals surface area contributed by atoms with E-state index in [1.165, 1.54) is 19.3 Å². The van der Waals surface area contributed by atoms with Crippen LogP contribution in [0.4, 0.5) is 0 Å². The summed E-state index contributed by atoms with van der Waals surface area (Å²) in [5, 5.41) is 12.7. The van der Waals surface area contributed by atoms with Crippen LogP contribution in [0.25, 0.3) is 0 Å². The van der Waals surface area contributed by atoms with Crippen molar-refractivity contribution >= 4 is 11.8 Å². The van der Waals surface area contributed by atoms with Gasteiger partial charge in [0.15, 0.2) is 0 Å². The highest BCUT2D eigenvalue weighted by atomic mass is 32.2. The predicted octanol–water partition coefficient (Wildman–Crippen LogP) is 1.77. The molecular formula is C9H16N2S. The van der Waals surface area contributed by atoms with E-state index in [0.29, 0.717) is 6.04 Å². The number of nitriles is 1. The third-order valence-corrected chi connectivity index (χ3v) is 3.58. The van der Waals surface area contributed by atoms with Crippen LogP contribution in [0, 0.1) is 11.3 Å². The number of rotatable bonds is 3. The molecular weight excluding hydrogens is 168 g/mol. The third-order valence-electron chi connectivity index (χ3n) is 2.41. The summed E-state index contributed by atoms with van der Waals surface area (Å²) < 4.78 is 0. The van der Waals surface area contributed by atoms with E-state index in [-0.39, 0.29) is 6.04 Å². The van der Waals surface area contributed by atoms with E-state index in [2.05, 4.69) is 17.6 Å². The molecule has 0 heterocycles. The maximum Gasteiger partial charge on any atom is 0.0926 e. The van der Waals surface area contributed by atoms with Crippen LogP contribution >= 0.6 is 11.8 Å². The molecule has 1 aliphatic rings. The fourth-order valence-corrected chi connectivity index (χ4v) is 2.70. The Balaban J connectivity index is 2.36. The Hall–Kier alpha value is -0.200. The van der Waals surface area contributed by atoms with Gasteiger partial charge in [0, 0.05) is 11.3 Å². The van der Waals surface area contributed by atoms with Gasteiger partial charge in [-0.2, -0.15) is 17.0 Å². The first-order chi connectivity index (χ1) is 5.77. The molecule has 0 aliphatic heterocycles. The summed E-state index contributed by atoms with van der Waals surface area (Å²) in [6.07, 6.45) is 6.00. The Labute approximate surface area is 78.7 Å². The van der Waals surface area contributed by atoms with E-state index in [4.69, 9.17) is 5.26 Å². The van der Waals surface area contributed by atoms with Crippen molar-refractivity contribution in [2.45, 2.75) is 43.5 Å². The van der Waals surface area contributed by atoms with Crippen molar-refractivity contribution in [2.24, 2.45) is 0 Å². The number of nitrogens with one attached hydrogen (secondary N) is 1. The lowest BCUT2D eigenvalue weighted by molar-refractivity contribution is 0.507. The van der Waals surface area contributed by atoms with Gasteiger partial charge in [0.25, 0.3) is 0 Å². The lowest BCUT2D eigenvalue weighted by Gasteiger charge is -2.20. The Bertz CT molecular complexity index is 176. The molecule has 0 amide bonds.